The number of ether oxygens (including phenoxy) is 3. The Morgan fingerprint density at radius 3 is 2.41 bits per heavy atom. The SMILES string of the molecule is C=CC(=O)Nc1cc(Nc2nccc(-c3cn(C)c4ccccc34)n2)c(OC)cc1N(C)CCN(C)CCOCCON(C)C(=O)N1N=C(c2cc(F)ccc2F)S[C@@]1(CCCNC(=O)OC(C)(C)C)c1ccccc1. The molecule has 0 bridgehead atoms. The summed E-state index contributed by atoms with van der Waals surface area (Å²) >= 11 is 1.11. The standard InChI is InChI=1S/C55H65F2N11O7S/c1-10-49(69)60-44-34-45(62-51-58-26-23-43(61-51)41-36-66(7)46-20-15-14-19-39(41)46)48(72-9)35-47(44)65(6)28-27-64(5)29-30-73-31-32-74-67(8)53(71)68-55(37-17-12-11-13-18-37,24-16-25-59-52(70)75-54(2,3)4)76-50(63-68)40-33-38(56)21-22-42(40)57/h10-15,17-23,26,33-36H,1,16,24-25,27-32H2,2-9H3,(H,59,70)(H,60,69)(H,58,61,62)/t55-/m0/s1. The van der Waals surface area contributed by atoms with Crippen molar-refractivity contribution in [1.29, 1.82) is 0 Å². The number of alkyl carbamates (subject to hydrolysis) is 1. The number of aromatic nitrogens is 3. The van der Waals surface area contributed by atoms with E-state index in [0.717, 1.165) is 57.2 Å². The number of hydrogen-bond donors (Lipinski definition) is 3. The number of para-hydroxylation sites is 1. The van der Waals surface area contributed by atoms with Crippen LogP contribution in [0.2, 0.25) is 0 Å². The molecule has 0 spiro atoms. The van der Waals surface area contributed by atoms with Crippen LogP contribution >= 0.6 is 11.8 Å². The van der Waals surface area contributed by atoms with Gasteiger partial charge in [0.1, 0.15) is 32.9 Å². The topological polar surface area (TPSA) is 180 Å². The Labute approximate surface area is 446 Å². The normalized spacial score (nSPS) is 14.4. The van der Waals surface area contributed by atoms with Crippen LogP contribution in [0.1, 0.15) is 44.7 Å². The fraction of sp³-hybridized carbons (Fsp3) is 0.345. The van der Waals surface area contributed by atoms with Crippen LogP contribution in [0.25, 0.3) is 22.2 Å². The summed E-state index contributed by atoms with van der Waals surface area (Å²) in [6.07, 6.45) is 4.96. The van der Waals surface area contributed by atoms with Crippen molar-refractivity contribution in [1.82, 2.24) is 34.8 Å². The lowest BCUT2D eigenvalue weighted by Crippen LogP contribution is -2.47. The van der Waals surface area contributed by atoms with Gasteiger partial charge in [-0.2, -0.15) is 10.1 Å². The van der Waals surface area contributed by atoms with Crippen LogP contribution in [0.5, 0.6) is 5.75 Å². The summed E-state index contributed by atoms with van der Waals surface area (Å²) in [4.78, 5) is 57.6. The van der Waals surface area contributed by atoms with E-state index in [-0.39, 0.29) is 42.7 Å². The summed E-state index contributed by atoms with van der Waals surface area (Å²) < 4.78 is 49.0. The van der Waals surface area contributed by atoms with E-state index in [1.165, 1.54) is 18.1 Å². The molecular weight excluding hydrogens is 997 g/mol. The lowest BCUT2D eigenvalue weighted by molar-refractivity contribution is -0.125. The minimum absolute atomic E-state index is 0.0105. The number of anilines is 4. The van der Waals surface area contributed by atoms with Crippen molar-refractivity contribution >= 4 is 68.8 Å². The third-order valence-corrected chi connectivity index (χ3v) is 13.6. The number of methoxy groups -OCH3 is 1. The fourth-order valence-corrected chi connectivity index (χ4v) is 9.76. The summed E-state index contributed by atoms with van der Waals surface area (Å²) in [6, 6.07) is 25.1. The monoisotopic (exact) mass is 1060 g/mol. The van der Waals surface area contributed by atoms with Crippen LogP contribution in [0.4, 0.5) is 41.4 Å². The number of hydroxylamine groups is 2. The molecule has 1 aliphatic heterocycles. The molecule has 0 saturated carbocycles. The first-order valence-corrected chi connectivity index (χ1v) is 25.4. The molecule has 4 aromatic carbocycles. The number of nitrogens with one attached hydrogen (secondary N) is 3. The van der Waals surface area contributed by atoms with E-state index in [9.17, 15) is 18.8 Å². The maximum Gasteiger partial charge on any atom is 0.407 e. The Balaban J connectivity index is 0.943. The summed E-state index contributed by atoms with van der Waals surface area (Å²) in [5.74, 6) is -0.900. The van der Waals surface area contributed by atoms with Gasteiger partial charge in [-0.3, -0.25) is 9.63 Å². The number of amides is 4. The zero-order valence-corrected chi connectivity index (χ0v) is 44.9. The Bertz CT molecular complexity index is 3050. The molecule has 0 radical (unpaired) electrons. The number of nitrogens with zero attached hydrogens (tertiary/aromatic N) is 8. The van der Waals surface area contributed by atoms with Crippen molar-refractivity contribution in [3.63, 3.8) is 0 Å². The van der Waals surface area contributed by atoms with Crippen molar-refractivity contribution in [2.45, 2.75) is 44.1 Å². The van der Waals surface area contributed by atoms with Gasteiger partial charge >= 0.3 is 12.1 Å². The number of fused-ring (bicyclic) bond motifs is 1. The highest BCUT2D eigenvalue weighted by molar-refractivity contribution is 8.15. The Hall–Kier alpha value is -7.59. The molecule has 6 aromatic rings. The number of carbonyl (C=O) groups excluding carboxylic acids is 3. The number of carbonyl (C=O) groups is 3. The van der Waals surface area contributed by atoms with Gasteiger partial charge in [0.15, 0.2) is 0 Å². The highest BCUT2D eigenvalue weighted by Gasteiger charge is 2.50. The van der Waals surface area contributed by atoms with E-state index in [0.29, 0.717) is 67.0 Å². The van der Waals surface area contributed by atoms with Gasteiger partial charge in [0.25, 0.3) is 0 Å². The van der Waals surface area contributed by atoms with Gasteiger partial charge < -0.3 is 44.5 Å². The second-order valence-corrected chi connectivity index (χ2v) is 20.2. The van der Waals surface area contributed by atoms with Gasteiger partial charge in [-0.05, 0) is 88.7 Å². The minimum Gasteiger partial charge on any atom is -0.494 e. The average Bonchev–Trinajstić information content (AvgIpc) is 3.99. The van der Waals surface area contributed by atoms with Crippen molar-refractivity contribution in [3.05, 3.63) is 139 Å². The number of likely N-dealkylation sites (N-methyl/N-ethyl adjacent to an activating group) is 2. The Morgan fingerprint density at radius 2 is 1.66 bits per heavy atom. The molecule has 0 unspecified atom stereocenters. The summed E-state index contributed by atoms with van der Waals surface area (Å²) in [5, 5.41) is 17.0. The third kappa shape index (κ3) is 14.0. The zero-order valence-electron chi connectivity index (χ0n) is 44.1. The van der Waals surface area contributed by atoms with E-state index in [1.807, 2.05) is 86.8 Å². The molecule has 0 saturated heterocycles. The molecule has 1 aliphatic rings. The van der Waals surface area contributed by atoms with Crippen LogP contribution in [0, 0.1) is 11.6 Å². The van der Waals surface area contributed by atoms with Gasteiger partial charge in [0.05, 0.1) is 49.7 Å². The molecule has 402 valence electrons. The number of hydrogen-bond acceptors (Lipinski definition) is 14. The van der Waals surface area contributed by atoms with E-state index < -0.39 is 34.2 Å². The van der Waals surface area contributed by atoms with Crippen LogP contribution in [0.15, 0.2) is 121 Å². The summed E-state index contributed by atoms with van der Waals surface area (Å²) in [6.45, 7) is 11.4. The first-order valence-electron chi connectivity index (χ1n) is 24.6. The van der Waals surface area contributed by atoms with Gasteiger partial charge in [-0.15, -0.1) is 0 Å². The fourth-order valence-electron chi connectivity index (χ4n) is 8.34. The maximum absolute atomic E-state index is 15.3. The number of benzene rings is 4. The average molecular weight is 1060 g/mol. The van der Waals surface area contributed by atoms with E-state index in [4.69, 9.17) is 24.0 Å². The molecule has 18 nitrogen and oxygen atoms in total. The molecular formula is C55H65F2N11O7S. The van der Waals surface area contributed by atoms with Gasteiger partial charge in [-0.25, -0.2) is 33.4 Å². The number of aryl methyl sites for hydroxylation is 1. The van der Waals surface area contributed by atoms with Crippen LogP contribution in [-0.4, -0.2) is 132 Å². The maximum atomic E-state index is 15.3. The smallest absolute Gasteiger partial charge is 0.407 e. The van der Waals surface area contributed by atoms with Gasteiger partial charge in [0, 0.05) is 87.8 Å². The number of hydrazone groups is 1. The van der Waals surface area contributed by atoms with Crippen molar-refractivity contribution in [2.75, 3.05) is 89.8 Å². The van der Waals surface area contributed by atoms with Crippen molar-refractivity contribution in [2.24, 2.45) is 12.1 Å². The minimum atomic E-state index is -1.25. The largest absolute Gasteiger partial charge is 0.494 e. The predicted molar refractivity (Wildman–Crippen MR) is 294 cm³/mol. The number of urea groups is 1. The van der Waals surface area contributed by atoms with E-state index in [2.05, 4.69) is 54.2 Å². The molecule has 1 atom stereocenters. The molecule has 3 heterocycles. The first-order chi connectivity index (χ1) is 36.4. The second kappa shape index (κ2) is 25.3. The number of rotatable bonds is 23. The molecule has 7 rings (SSSR count). The zero-order chi connectivity index (χ0) is 54.6. The summed E-state index contributed by atoms with van der Waals surface area (Å²) in [7, 11) is 8.90. The molecule has 0 aliphatic carbocycles. The van der Waals surface area contributed by atoms with E-state index >= 15 is 4.39 Å². The molecule has 3 N–H and O–H groups in total. The lowest BCUT2D eigenvalue weighted by atomic mass is 10.0. The molecule has 76 heavy (non-hydrogen) atoms. The second-order valence-electron chi connectivity index (χ2n) is 18.9. The highest BCUT2D eigenvalue weighted by Crippen LogP contribution is 2.51. The van der Waals surface area contributed by atoms with Crippen molar-refractivity contribution < 1.29 is 42.2 Å². The first kappa shape index (κ1) is 56.1. The van der Waals surface area contributed by atoms with Crippen LogP contribution in [-0.2, 0) is 31.0 Å². The third-order valence-electron chi connectivity index (χ3n) is 12.2. The predicted octanol–water partition coefficient (Wildman–Crippen LogP) is 9.73. The quantitative estimate of drug-likeness (QED) is 0.0314. The number of halogens is 2. The van der Waals surface area contributed by atoms with Crippen LogP contribution < -0.4 is 25.6 Å². The summed E-state index contributed by atoms with van der Waals surface area (Å²) in [5.41, 5.74) is 4.43. The highest BCUT2D eigenvalue weighted by atomic mass is 32.2. The van der Waals surface area contributed by atoms with E-state index in [1.54, 1.807) is 40.1 Å². The molecule has 2 aromatic heterocycles. The molecule has 4 amide bonds. The lowest BCUT2D eigenvalue weighted by Gasteiger charge is -2.37. The van der Waals surface area contributed by atoms with Crippen molar-refractivity contribution in [3.8, 4) is 17.0 Å². The van der Waals surface area contributed by atoms with Gasteiger partial charge in [0.2, 0.25) is 11.9 Å². The number of thioether (sulfide) groups is 1. The Kier molecular flexibility index (Phi) is 18.7. The Morgan fingerprint density at radius 1 is 0.895 bits per heavy atom. The van der Waals surface area contributed by atoms with Crippen LogP contribution in [0.3, 0.4) is 0 Å². The molecule has 21 heteroatoms. The molecule has 0 fully saturated rings. The van der Waals surface area contributed by atoms with Gasteiger partial charge in [-0.1, -0.05) is 66.9 Å².